The minimum absolute atomic E-state index is 0.0104. The maximum atomic E-state index is 12.7. The lowest BCUT2D eigenvalue weighted by Crippen LogP contribution is -2.27. The molecule has 2 N–H and O–H groups in total. The van der Waals surface area contributed by atoms with Crippen LogP contribution >= 0.6 is 11.8 Å². The van der Waals surface area contributed by atoms with Gasteiger partial charge in [-0.15, -0.1) is 0 Å². The maximum Gasteiger partial charge on any atom is 0.251 e. The van der Waals surface area contributed by atoms with Crippen molar-refractivity contribution in [1.82, 2.24) is 5.32 Å². The number of amides is 1. The van der Waals surface area contributed by atoms with Crippen molar-refractivity contribution in [2.45, 2.75) is 31.1 Å². The van der Waals surface area contributed by atoms with Crippen LogP contribution in [0, 0.1) is 6.92 Å². The Morgan fingerprint density at radius 3 is 2.70 bits per heavy atom. The minimum atomic E-state index is -2.97. The van der Waals surface area contributed by atoms with Crippen LogP contribution in [0.15, 0.2) is 53.5 Å². The Morgan fingerprint density at radius 1 is 1.20 bits per heavy atom. The van der Waals surface area contributed by atoms with E-state index in [1.165, 1.54) is 17.3 Å². The highest BCUT2D eigenvalue weighted by molar-refractivity contribution is 8.15. The van der Waals surface area contributed by atoms with Crippen LogP contribution in [-0.4, -0.2) is 48.8 Å². The molecule has 158 valence electrons. The number of nitrogens with zero attached hydrogens (tertiary/aromatic N) is 1. The van der Waals surface area contributed by atoms with Crippen molar-refractivity contribution in [3.63, 3.8) is 0 Å². The number of hydrogen-bond acceptors (Lipinski definition) is 6. The molecule has 3 unspecified atom stereocenters. The lowest BCUT2D eigenvalue weighted by atomic mass is 10.0. The van der Waals surface area contributed by atoms with Gasteiger partial charge in [-0.2, -0.15) is 0 Å². The molecule has 0 radical (unpaired) electrons. The summed E-state index contributed by atoms with van der Waals surface area (Å²) in [5, 5.41) is 7.01. The van der Waals surface area contributed by atoms with E-state index in [1.807, 2.05) is 43.3 Å². The van der Waals surface area contributed by atoms with E-state index in [0.29, 0.717) is 12.1 Å². The molecule has 2 heterocycles. The third kappa shape index (κ3) is 4.70. The van der Waals surface area contributed by atoms with E-state index in [0.717, 1.165) is 16.4 Å². The Bertz CT molecular complexity index is 1080. The van der Waals surface area contributed by atoms with Crippen molar-refractivity contribution in [3.8, 4) is 0 Å². The van der Waals surface area contributed by atoms with Crippen molar-refractivity contribution >= 4 is 38.4 Å². The van der Waals surface area contributed by atoms with Crippen LogP contribution in [-0.2, 0) is 9.84 Å². The summed E-state index contributed by atoms with van der Waals surface area (Å²) in [7, 11) is -2.97. The molecule has 2 aliphatic heterocycles. The van der Waals surface area contributed by atoms with Crippen molar-refractivity contribution in [3.05, 3.63) is 65.2 Å². The van der Waals surface area contributed by atoms with Crippen LogP contribution in [0.4, 0.5) is 5.69 Å². The first kappa shape index (κ1) is 20.9. The third-order valence-electron chi connectivity index (χ3n) is 5.50. The van der Waals surface area contributed by atoms with Gasteiger partial charge in [0, 0.05) is 23.0 Å². The van der Waals surface area contributed by atoms with E-state index < -0.39 is 9.84 Å². The molecule has 4 rings (SSSR count). The van der Waals surface area contributed by atoms with Crippen LogP contribution in [0.5, 0.6) is 0 Å². The van der Waals surface area contributed by atoms with E-state index in [-0.39, 0.29) is 34.6 Å². The number of aliphatic imine (C=N–C) groups is 1. The molecule has 1 fully saturated rings. The van der Waals surface area contributed by atoms with Gasteiger partial charge in [0.15, 0.2) is 15.0 Å². The number of benzene rings is 2. The molecule has 0 spiro atoms. The van der Waals surface area contributed by atoms with Gasteiger partial charge in [-0.3, -0.25) is 9.79 Å². The highest BCUT2D eigenvalue weighted by Gasteiger charge is 2.42. The average molecular weight is 444 g/mol. The Balaban J connectivity index is 1.40. The fraction of sp³-hybridized carbons (Fsp3) is 0.364. The van der Waals surface area contributed by atoms with E-state index in [2.05, 4.69) is 34.7 Å². The summed E-state index contributed by atoms with van der Waals surface area (Å²) in [6, 6.07) is 15.5. The zero-order valence-electron chi connectivity index (χ0n) is 17.0. The van der Waals surface area contributed by atoms with Crippen molar-refractivity contribution < 1.29 is 13.2 Å². The third-order valence-corrected chi connectivity index (χ3v) is 8.64. The summed E-state index contributed by atoms with van der Waals surface area (Å²) < 4.78 is 23.5. The number of fused-ring (bicyclic) bond motifs is 1. The van der Waals surface area contributed by atoms with E-state index in [4.69, 9.17) is 0 Å². The van der Waals surface area contributed by atoms with Crippen LogP contribution < -0.4 is 10.6 Å². The molecule has 0 saturated carbocycles. The van der Waals surface area contributed by atoms with Crippen LogP contribution in [0.1, 0.15) is 34.3 Å². The van der Waals surface area contributed by atoms with E-state index in [9.17, 15) is 13.2 Å². The Morgan fingerprint density at radius 2 is 1.97 bits per heavy atom. The summed E-state index contributed by atoms with van der Waals surface area (Å²) in [6.45, 7) is 4.61. The molecule has 2 aromatic rings. The number of rotatable bonds is 5. The number of carbonyl (C=O) groups excluding carboxylic acids is 1. The second kappa shape index (κ2) is 8.43. The molecule has 8 heteroatoms. The summed E-state index contributed by atoms with van der Waals surface area (Å²) in [5.74, 6) is 0.400. The van der Waals surface area contributed by atoms with Crippen LogP contribution in [0.2, 0.25) is 0 Å². The predicted molar refractivity (Wildman–Crippen MR) is 123 cm³/mol. The second-order valence-electron chi connectivity index (χ2n) is 7.91. The van der Waals surface area contributed by atoms with Gasteiger partial charge in [0.1, 0.15) is 0 Å². The van der Waals surface area contributed by atoms with E-state index in [1.54, 1.807) is 0 Å². The minimum Gasteiger partial charge on any atom is -0.351 e. The van der Waals surface area contributed by atoms with Crippen molar-refractivity contribution in [1.29, 1.82) is 0 Å². The number of hydrogen-bond donors (Lipinski definition) is 2. The lowest BCUT2D eigenvalue weighted by molar-refractivity contribution is 0.0951. The van der Waals surface area contributed by atoms with Gasteiger partial charge in [-0.05, 0) is 36.1 Å². The van der Waals surface area contributed by atoms with E-state index >= 15 is 0 Å². The van der Waals surface area contributed by atoms with Gasteiger partial charge in [0.2, 0.25) is 0 Å². The van der Waals surface area contributed by atoms with Gasteiger partial charge in [-0.25, -0.2) is 8.42 Å². The molecule has 1 saturated heterocycles. The molecular formula is C22H25N3O3S2. The monoisotopic (exact) mass is 443 g/mol. The summed E-state index contributed by atoms with van der Waals surface area (Å²) in [6.07, 6.45) is 0. The molecule has 1 amide bonds. The first-order valence-corrected chi connectivity index (χ1v) is 12.7. The number of carbonyl (C=O) groups is 1. The first-order valence-electron chi connectivity index (χ1n) is 9.96. The molecule has 3 atom stereocenters. The number of thioether (sulfide) groups is 1. The average Bonchev–Trinajstić information content (AvgIpc) is 3.20. The number of sulfone groups is 1. The van der Waals surface area contributed by atoms with Gasteiger partial charge < -0.3 is 10.6 Å². The highest BCUT2D eigenvalue weighted by atomic mass is 32.2. The first-order chi connectivity index (χ1) is 14.3. The molecule has 6 nitrogen and oxygen atoms in total. The van der Waals surface area contributed by atoms with Gasteiger partial charge in [0.25, 0.3) is 5.91 Å². The SMILES string of the molecule is Cc1ccc(C(=O)NCC(C)c2ccccc2)cc1NC1=NC2CS(=O)(=O)CC2S1. The molecule has 0 aliphatic carbocycles. The molecule has 0 bridgehead atoms. The van der Waals surface area contributed by atoms with Crippen LogP contribution in [0.3, 0.4) is 0 Å². The quantitative estimate of drug-likeness (QED) is 0.741. The zero-order chi connectivity index (χ0) is 21.3. The molecular weight excluding hydrogens is 418 g/mol. The second-order valence-corrected chi connectivity index (χ2v) is 11.3. The summed E-state index contributed by atoms with van der Waals surface area (Å²) >= 11 is 1.47. The van der Waals surface area contributed by atoms with Gasteiger partial charge >= 0.3 is 0 Å². The van der Waals surface area contributed by atoms with Gasteiger partial charge in [0.05, 0.1) is 17.5 Å². The topological polar surface area (TPSA) is 87.6 Å². The number of amidine groups is 1. The fourth-order valence-corrected chi connectivity index (χ4v) is 7.34. The molecule has 2 aliphatic rings. The Hall–Kier alpha value is -2.32. The van der Waals surface area contributed by atoms with Crippen molar-refractivity contribution in [2.75, 3.05) is 23.4 Å². The number of anilines is 1. The van der Waals surface area contributed by atoms with Gasteiger partial charge in [-0.1, -0.05) is 55.1 Å². The standard InChI is InChI=1S/C22H25N3O3S2/c1-14-8-9-17(21(26)23-11-15(2)16-6-4-3-5-7-16)10-18(14)24-22-25-19-12-30(27,28)13-20(19)29-22/h3-10,15,19-20H,11-13H2,1-2H3,(H,23,26)(H,24,25). The maximum absolute atomic E-state index is 12.7. The predicted octanol–water partition coefficient (Wildman–Crippen LogP) is 3.21. The van der Waals surface area contributed by atoms with Crippen molar-refractivity contribution in [2.24, 2.45) is 4.99 Å². The number of nitrogens with one attached hydrogen (secondary N) is 2. The molecule has 0 aromatic heterocycles. The molecule has 2 aromatic carbocycles. The molecule has 30 heavy (non-hydrogen) atoms. The normalized spacial score (nSPS) is 22.8. The number of aryl methyl sites for hydroxylation is 1. The highest BCUT2D eigenvalue weighted by Crippen LogP contribution is 2.35. The largest absolute Gasteiger partial charge is 0.351 e. The summed E-state index contributed by atoms with van der Waals surface area (Å²) in [5.41, 5.74) is 3.58. The lowest BCUT2D eigenvalue weighted by Gasteiger charge is -2.15. The van der Waals surface area contributed by atoms with Crippen LogP contribution in [0.25, 0.3) is 0 Å². The Labute approximate surface area is 181 Å². The summed E-state index contributed by atoms with van der Waals surface area (Å²) in [4.78, 5) is 17.2. The Kier molecular flexibility index (Phi) is 5.88. The zero-order valence-corrected chi connectivity index (χ0v) is 18.6. The smallest absolute Gasteiger partial charge is 0.251 e. The fourth-order valence-electron chi connectivity index (χ4n) is 3.68.